The van der Waals surface area contributed by atoms with Crippen LogP contribution in [0.5, 0.6) is 0 Å². The van der Waals surface area contributed by atoms with Crippen LogP contribution >= 0.6 is 0 Å². The summed E-state index contributed by atoms with van der Waals surface area (Å²) >= 11 is 0. The lowest BCUT2D eigenvalue weighted by atomic mass is 10.1. The Kier molecular flexibility index (Phi) is 4.08. The van der Waals surface area contributed by atoms with Gasteiger partial charge in [-0.25, -0.2) is 9.79 Å². The van der Waals surface area contributed by atoms with Crippen LogP contribution in [-0.4, -0.2) is 42.9 Å². The number of ether oxygens (including phenoxy) is 1. The van der Waals surface area contributed by atoms with E-state index in [0.29, 0.717) is 0 Å². The Morgan fingerprint density at radius 2 is 2.00 bits per heavy atom. The zero-order valence-electron chi connectivity index (χ0n) is 12.1. The highest BCUT2D eigenvalue weighted by atomic mass is 19.4. The van der Waals surface area contributed by atoms with Crippen LogP contribution in [0, 0.1) is 0 Å². The zero-order chi connectivity index (χ0) is 16.4. The second-order valence-electron chi connectivity index (χ2n) is 5.19. The molecule has 3 rings (SSSR count). The van der Waals surface area contributed by atoms with Crippen molar-refractivity contribution >= 4 is 11.9 Å². The molecule has 122 valence electrons. The third-order valence-corrected chi connectivity index (χ3v) is 3.51. The summed E-state index contributed by atoms with van der Waals surface area (Å²) < 4.78 is 43.2. The Morgan fingerprint density at radius 3 is 2.70 bits per heavy atom. The first-order valence-corrected chi connectivity index (χ1v) is 7.08. The maximum Gasteiger partial charge on any atom is 0.416 e. The first-order valence-electron chi connectivity index (χ1n) is 7.08. The molecule has 5 nitrogen and oxygen atoms in total. The van der Waals surface area contributed by atoms with Crippen molar-refractivity contribution < 1.29 is 22.7 Å². The van der Waals surface area contributed by atoms with Crippen LogP contribution in [0.4, 0.5) is 13.2 Å². The van der Waals surface area contributed by atoms with Gasteiger partial charge in [0, 0.05) is 37.9 Å². The molecule has 2 aliphatic rings. The molecule has 0 aromatic heterocycles. The highest BCUT2D eigenvalue weighted by Gasteiger charge is 2.32. The third kappa shape index (κ3) is 3.53. The Labute approximate surface area is 130 Å². The smallest absolute Gasteiger partial charge is 0.402 e. The van der Waals surface area contributed by atoms with Crippen molar-refractivity contribution in [2.45, 2.75) is 6.18 Å². The van der Waals surface area contributed by atoms with Gasteiger partial charge in [-0.2, -0.15) is 13.2 Å². The molecule has 2 aliphatic heterocycles. The minimum absolute atomic E-state index is 0.0966. The molecule has 0 bridgehead atoms. The summed E-state index contributed by atoms with van der Waals surface area (Å²) in [4.78, 5) is 17.8. The Hall–Kier alpha value is -2.35. The van der Waals surface area contributed by atoms with Crippen LogP contribution < -0.4 is 5.32 Å². The van der Waals surface area contributed by atoms with Crippen LogP contribution in [0.3, 0.4) is 0 Å². The number of halogens is 3. The highest BCUT2D eigenvalue weighted by Crippen LogP contribution is 2.30. The molecule has 8 heteroatoms. The lowest BCUT2D eigenvalue weighted by Gasteiger charge is -2.25. The number of rotatable bonds is 2. The van der Waals surface area contributed by atoms with Gasteiger partial charge in [0.05, 0.1) is 5.56 Å². The van der Waals surface area contributed by atoms with E-state index < -0.39 is 17.7 Å². The maximum absolute atomic E-state index is 12.7. The molecule has 0 saturated carbocycles. The number of benzene rings is 1. The molecule has 1 fully saturated rings. The van der Waals surface area contributed by atoms with Crippen molar-refractivity contribution in [1.29, 1.82) is 0 Å². The van der Waals surface area contributed by atoms with Crippen molar-refractivity contribution in [3.63, 3.8) is 0 Å². The summed E-state index contributed by atoms with van der Waals surface area (Å²) in [6.45, 7) is 3.04. The van der Waals surface area contributed by atoms with E-state index in [9.17, 15) is 18.0 Å². The fourth-order valence-electron chi connectivity index (χ4n) is 2.34. The molecule has 1 N–H and O–H groups in total. The molecule has 1 saturated heterocycles. The molecule has 0 aliphatic carbocycles. The van der Waals surface area contributed by atoms with E-state index in [0.717, 1.165) is 38.3 Å². The summed E-state index contributed by atoms with van der Waals surface area (Å²) in [6, 6.07) is 4.56. The molecule has 0 spiro atoms. The van der Waals surface area contributed by atoms with Gasteiger partial charge in [0.15, 0.2) is 5.70 Å². The van der Waals surface area contributed by atoms with Crippen LogP contribution in [0.2, 0.25) is 0 Å². The van der Waals surface area contributed by atoms with Crippen molar-refractivity contribution in [1.82, 2.24) is 10.2 Å². The number of carbonyl (C=O) groups excluding carboxylic acids is 1. The maximum atomic E-state index is 12.7. The molecule has 23 heavy (non-hydrogen) atoms. The number of hydrogen-bond acceptors (Lipinski definition) is 5. The van der Waals surface area contributed by atoms with Crippen LogP contribution in [-0.2, 0) is 15.7 Å². The molecule has 0 amide bonds. The van der Waals surface area contributed by atoms with Gasteiger partial charge in [-0.1, -0.05) is 6.07 Å². The molecule has 2 heterocycles. The number of alkyl halides is 3. The van der Waals surface area contributed by atoms with Crippen molar-refractivity contribution in [2.75, 3.05) is 26.2 Å². The van der Waals surface area contributed by atoms with Gasteiger partial charge < -0.3 is 15.0 Å². The average molecular weight is 325 g/mol. The molecule has 1 aromatic rings. The van der Waals surface area contributed by atoms with E-state index in [1.165, 1.54) is 12.1 Å². The van der Waals surface area contributed by atoms with Gasteiger partial charge in [-0.15, -0.1) is 0 Å². The number of esters is 1. The quantitative estimate of drug-likeness (QED) is 0.665. The topological polar surface area (TPSA) is 53.9 Å². The summed E-state index contributed by atoms with van der Waals surface area (Å²) in [7, 11) is 0. The van der Waals surface area contributed by atoms with E-state index >= 15 is 0 Å². The standard InChI is InChI=1S/C15H14F3N3O2/c16-15(17,18)11-3-1-2-10(8-11)13-20-12(14(22)23-13)9-21-6-4-19-5-7-21/h1-3,8-9,19H,4-7H2. The number of aliphatic imine (C=N–C) groups is 1. The first kappa shape index (κ1) is 15.5. The SMILES string of the molecule is O=C1OC(c2cccc(C(F)(F)F)c2)=NC1=CN1CCNCC1. The van der Waals surface area contributed by atoms with Crippen LogP contribution in [0.1, 0.15) is 11.1 Å². The van der Waals surface area contributed by atoms with Gasteiger partial charge >= 0.3 is 12.1 Å². The van der Waals surface area contributed by atoms with Crippen molar-refractivity contribution in [3.8, 4) is 0 Å². The zero-order valence-corrected chi connectivity index (χ0v) is 12.1. The van der Waals surface area contributed by atoms with Crippen LogP contribution in [0.15, 0.2) is 41.2 Å². The lowest BCUT2D eigenvalue weighted by Crippen LogP contribution is -2.40. The molecule has 0 atom stereocenters. The average Bonchev–Trinajstić information content (AvgIpc) is 2.89. The van der Waals surface area contributed by atoms with E-state index in [4.69, 9.17) is 4.74 Å². The number of cyclic esters (lactones) is 1. The minimum Gasteiger partial charge on any atom is -0.402 e. The van der Waals surface area contributed by atoms with Gasteiger partial charge in [0.1, 0.15) is 0 Å². The summed E-state index contributed by atoms with van der Waals surface area (Å²) in [5, 5.41) is 3.18. The van der Waals surface area contributed by atoms with Gasteiger partial charge in [0.2, 0.25) is 5.90 Å². The predicted molar refractivity (Wildman–Crippen MR) is 76.6 cm³/mol. The van der Waals surface area contributed by atoms with E-state index in [2.05, 4.69) is 10.3 Å². The number of hydrogen-bond donors (Lipinski definition) is 1. The second-order valence-corrected chi connectivity index (χ2v) is 5.19. The van der Waals surface area contributed by atoms with E-state index in [1.54, 1.807) is 6.20 Å². The summed E-state index contributed by atoms with van der Waals surface area (Å²) in [5.74, 6) is -0.765. The monoisotopic (exact) mass is 325 g/mol. The van der Waals surface area contributed by atoms with Gasteiger partial charge in [-0.05, 0) is 18.2 Å². The Bertz CT molecular complexity index is 677. The molecular formula is C15H14F3N3O2. The van der Waals surface area contributed by atoms with Crippen LogP contribution in [0.25, 0.3) is 0 Å². The van der Waals surface area contributed by atoms with Gasteiger partial charge in [-0.3, -0.25) is 0 Å². The lowest BCUT2D eigenvalue weighted by molar-refractivity contribution is -0.137. The van der Waals surface area contributed by atoms with Crippen molar-refractivity contribution in [2.24, 2.45) is 4.99 Å². The third-order valence-electron chi connectivity index (χ3n) is 3.51. The fraction of sp³-hybridized carbons (Fsp3) is 0.333. The molecule has 0 radical (unpaired) electrons. The summed E-state index contributed by atoms with van der Waals surface area (Å²) in [6.07, 6.45) is -2.87. The van der Waals surface area contributed by atoms with E-state index in [1.807, 2.05) is 4.90 Å². The van der Waals surface area contributed by atoms with Gasteiger partial charge in [0.25, 0.3) is 0 Å². The number of nitrogens with zero attached hydrogens (tertiary/aromatic N) is 2. The first-order chi connectivity index (χ1) is 10.9. The molecular weight excluding hydrogens is 311 g/mol. The molecule has 0 unspecified atom stereocenters. The second kappa shape index (κ2) is 6.04. The fourth-order valence-corrected chi connectivity index (χ4v) is 2.34. The largest absolute Gasteiger partial charge is 0.416 e. The number of piperazine rings is 1. The summed E-state index contributed by atoms with van der Waals surface area (Å²) in [5.41, 5.74) is -0.593. The number of carbonyl (C=O) groups is 1. The number of nitrogens with one attached hydrogen (secondary N) is 1. The highest BCUT2D eigenvalue weighted by molar-refractivity contribution is 6.11. The Balaban J connectivity index is 1.85. The van der Waals surface area contributed by atoms with E-state index in [-0.39, 0.29) is 17.2 Å². The predicted octanol–water partition coefficient (Wildman–Crippen LogP) is 1.76. The Morgan fingerprint density at radius 1 is 1.26 bits per heavy atom. The molecule has 1 aromatic carbocycles. The minimum atomic E-state index is -4.46. The normalized spacial score (nSPS) is 20.7. The van der Waals surface area contributed by atoms with Crippen molar-refractivity contribution in [3.05, 3.63) is 47.3 Å².